The second-order valence-corrected chi connectivity index (χ2v) is 22.9. The monoisotopic (exact) mass is 1040 g/mol. The van der Waals surface area contributed by atoms with E-state index in [2.05, 4.69) is 19.2 Å². The molecule has 0 saturated carbocycles. The van der Waals surface area contributed by atoms with Gasteiger partial charge in [0.25, 0.3) is 0 Å². The lowest BCUT2D eigenvalue weighted by atomic mass is 9.99. The zero-order valence-electron chi connectivity index (χ0n) is 48.4. The highest BCUT2D eigenvalue weighted by atomic mass is 16.7. The Morgan fingerprint density at radius 3 is 1.07 bits per heavy atom. The van der Waals surface area contributed by atoms with Crippen LogP contribution in [0.5, 0.6) is 0 Å². The summed E-state index contributed by atoms with van der Waals surface area (Å²) in [5, 5.41) is 54.5. The molecule has 0 spiro atoms. The number of aliphatic hydroxyl groups excluding tert-OH is 5. The molecule has 9 nitrogen and oxygen atoms in total. The van der Waals surface area contributed by atoms with Crippen LogP contribution in [-0.4, -0.2) is 87.5 Å². The molecule has 9 heteroatoms. The number of nitrogens with one attached hydrogen (secondary N) is 1. The number of amides is 1. The summed E-state index contributed by atoms with van der Waals surface area (Å²) in [6, 6.07) is -0.800. The van der Waals surface area contributed by atoms with Gasteiger partial charge in [0, 0.05) is 6.42 Å². The Balaban J connectivity index is 2.04. The lowest BCUT2D eigenvalue weighted by molar-refractivity contribution is -0.302. The van der Waals surface area contributed by atoms with Gasteiger partial charge in [-0.15, -0.1) is 0 Å². The topological polar surface area (TPSA) is 149 Å². The van der Waals surface area contributed by atoms with Crippen LogP contribution >= 0.6 is 0 Å². The highest BCUT2D eigenvalue weighted by Crippen LogP contribution is 2.23. The number of unbranched alkanes of at least 4 members (excludes halogenated alkanes) is 47. The van der Waals surface area contributed by atoms with Gasteiger partial charge in [-0.25, -0.2) is 0 Å². The molecule has 7 atom stereocenters. The summed E-state index contributed by atoms with van der Waals surface area (Å²) in [6.07, 6.45) is 61.8. The SMILES string of the molecule is CCCCCCCCCCCCCC/C=C/[C@@H](O)[C@H](CO[C@@H]1O[C@H](CO)[C@H](O)C(O)C1O)NC(=O)CCCCCCCCCCCCCCCCCCCCCCCCCCCCCCCCCCCCCC. The Morgan fingerprint density at radius 2 is 0.753 bits per heavy atom. The lowest BCUT2D eigenvalue weighted by Crippen LogP contribution is -2.60. The molecule has 73 heavy (non-hydrogen) atoms. The Kier molecular flexibility index (Phi) is 52.0. The Bertz CT molecular complexity index is 1150. The minimum absolute atomic E-state index is 0.169. The fourth-order valence-corrected chi connectivity index (χ4v) is 10.8. The first-order valence-corrected chi connectivity index (χ1v) is 32.4. The highest BCUT2D eigenvalue weighted by Gasteiger charge is 2.44. The third-order valence-electron chi connectivity index (χ3n) is 15.9. The molecule has 1 aliphatic rings. The molecule has 1 amide bonds. The number of allylic oxidation sites excluding steroid dienone is 1. The minimum atomic E-state index is -1.56. The summed E-state index contributed by atoms with van der Waals surface area (Å²) in [7, 11) is 0. The molecule has 0 aromatic carbocycles. The number of carbonyl (C=O) groups excluding carboxylic acids is 1. The van der Waals surface area contributed by atoms with Crippen molar-refractivity contribution in [1.29, 1.82) is 0 Å². The van der Waals surface area contributed by atoms with Gasteiger partial charge in [-0.3, -0.25) is 4.79 Å². The predicted octanol–water partition coefficient (Wildman–Crippen LogP) is 16.7. The molecule has 1 heterocycles. The second kappa shape index (κ2) is 54.3. The average molecular weight is 1040 g/mol. The zero-order chi connectivity index (χ0) is 52.9. The van der Waals surface area contributed by atoms with Gasteiger partial charge < -0.3 is 40.3 Å². The first-order valence-electron chi connectivity index (χ1n) is 32.4. The molecule has 0 bridgehead atoms. The Morgan fingerprint density at radius 1 is 0.452 bits per heavy atom. The third-order valence-corrected chi connectivity index (χ3v) is 15.9. The number of aliphatic hydroxyl groups is 5. The third kappa shape index (κ3) is 43.6. The van der Waals surface area contributed by atoms with E-state index >= 15 is 0 Å². The van der Waals surface area contributed by atoms with E-state index in [-0.39, 0.29) is 12.5 Å². The minimum Gasteiger partial charge on any atom is -0.394 e. The van der Waals surface area contributed by atoms with Gasteiger partial charge >= 0.3 is 0 Å². The largest absolute Gasteiger partial charge is 0.394 e. The van der Waals surface area contributed by atoms with Crippen LogP contribution in [-0.2, 0) is 14.3 Å². The number of rotatable bonds is 57. The fourth-order valence-electron chi connectivity index (χ4n) is 10.8. The maximum absolute atomic E-state index is 13.1. The van der Waals surface area contributed by atoms with Crippen LogP contribution in [0.25, 0.3) is 0 Å². The summed E-state index contributed by atoms with van der Waals surface area (Å²) < 4.78 is 11.3. The van der Waals surface area contributed by atoms with Crippen LogP contribution in [0.1, 0.15) is 335 Å². The van der Waals surface area contributed by atoms with E-state index in [0.29, 0.717) is 6.42 Å². The van der Waals surface area contributed by atoms with E-state index in [1.807, 2.05) is 6.08 Å². The van der Waals surface area contributed by atoms with Crippen molar-refractivity contribution in [3.8, 4) is 0 Å². The van der Waals surface area contributed by atoms with Crippen LogP contribution in [0.4, 0.5) is 0 Å². The van der Waals surface area contributed by atoms with Crippen molar-refractivity contribution in [3.63, 3.8) is 0 Å². The van der Waals surface area contributed by atoms with E-state index in [1.165, 1.54) is 276 Å². The second-order valence-electron chi connectivity index (χ2n) is 22.9. The zero-order valence-corrected chi connectivity index (χ0v) is 48.4. The van der Waals surface area contributed by atoms with E-state index in [4.69, 9.17) is 9.47 Å². The van der Waals surface area contributed by atoms with Crippen molar-refractivity contribution < 1.29 is 39.8 Å². The number of hydrogen-bond acceptors (Lipinski definition) is 8. The van der Waals surface area contributed by atoms with Gasteiger partial charge in [-0.1, -0.05) is 321 Å². The van der Waals surface area contributed by atoms with Crippen LogP contribution in [0.15, 0.2) is 12.2 Å². The molecule has 1 fully saturated rings. The fraction of sp³-hybridized carbons (Fsp3) is 0.953. The number of hydrogen-bond donors (Lipinski definition) is 6. The van der Waals surface area contributed by atoms with Crippen molar-refractivity contribution in [3.05, 3.63) is 12.2 Å². The standard InChI is InChI=1S/C64H125NO8/c1-3-5-7-9-11-13-15-17-19-20-21-22-23-24-25-26-27-28-29-30-31-32-33-34-35-36-37-38-39-40-42-44-46-48-50-52-54-60(68)65-57(56-72-64-63(71)62(70)61(69)59(55-66)73-64)58(67)53-51-49-47-45-43-41-18-16-14-12-10-8-6-4-2/h51,53,57-59,61-64,66-67,69-71H,3-50,52,54-56H2,1-2H3,(H,65,68)/b53-51+/t57-,58+,59+,61-,62?,63?,64+/m0/s1. The molecule has 0 radical (unpaired) electrons. The first kappa shape index (κ1) is 69.9. The van der Waals surface area contributed by atoms with Crippen LogP contribution in [0, 0.1) is 0 Å². The Hall–Kier alpha value is -1.07. The molecule has 0 aromatic rings. The molecule has 434 valence electrons. The molecular weight excluding hydrogens is 911 g/mol. The normalized spacial score (nSPS) is 19.0. The van der Waals surface area contributed by atoms with E-state index in [1.54, 1.807) is 6.08 Å². The van der Waals surface area contributed by atoms with Gasteiger partial charge in [-0.2, -0.15) is 0 Å². The summed E-state index contributed by atoms with van der Waals surface area (Å²) in [6.45, 7) is 3.82. The van der Waals surface area contributed by atoms with Crippen molar-refractivity contribution in [2.45, 2.75) is 378 Å². The first-order chi connectivity index (χ1) is 35.8. The molecule has 6 N–H and O–H groups in total. The van der Waals surface area contributed by atoms with Gasteiger partial charge in [0.15, 0.2) is 6.29 Å². The summed E-state index contributed by atoms with van der Waals surface area (Å²) in [5.41, 5.74) is 0. The van der Waals surface area contributed by atoms with E-state index < -0.39 is 49.5 Å². The predicted molar refractivity (Wildman–Crippen MR) is 309 cm³/mol. The number of ether oxygens (including phenoxy) is 2. The van der Waals surface area contributed by atoms with Gasteiger partial charge in [-0.05, 0) is 19.3 Å². The molecule has 1 saturated heterocycles. The summed E-state index contributed by atoms with van der Waals surface area (Å²) in [4.78, 5) is 13.1. The lowest BCUT2D eigenvalue weighted by Gasteiger charge is -2.40. The highest BCUT2D eigenvalue weighted by molar-refractivity contribution is 5.76. The molecular formula is C64H125NO8. The van der Waals surface area contributed by atoms with Gasteiger partial charge in [0.2, 0.25) is 5.91 Å². The summed E-state index contributed by atoms with van der Waals surface area (Å²) >= 11 is 0. The smallest absolute Gasteiger partial charge is 0.220 e. The van der Waals surface area contributed by atoms with Gasteiger partial charge in [0.05, 0.1) is 25.4 Å². The quantitative estimate of drug-likeness (QED) is 0.0261. The van der Waals surface area contributed by atoms with Crippen LogP contribution in [0.3, 0.4) is 0 Å². The van der Waals surface area contributed by atoms with Crippen LogP contribution < -0.4 is 5.32 Å². The van der Waals surface area contributed by atoms with E-state index in [0.717, 1.165) is 38.5 Å². The molecule has 0 aliphatic carbocycles. The average Bonchev–Trinajstić information content (AvgIpc) is 3.39. The van der Waals surface area contributed by atoms with Crippen LogP contribution in [0.2, 0.25) is 0 Å². The number of carbonyl (C=O) groups is 1. The molecule has 1 aliphatic heterocycles. The van der Waals surface area contributed by atoms with Gasteiger partial charge in [0.1, 0.15) is 24.4 Å². The van der Waals surface area contributed by atoms with Crippen molar-refractivity contribution in [1.82, 2.24) is 5.32 Å². The molecule has 0 aromatic heterocycles. The molecule has 2 unspecified atom stereocenters. The summed E-state index contributed by atoms with van der Waals surface area (Å²) in [5.74, 6) is -0.169. The van der Waals surface area contributed by atoms with Crippen molar-refractivity contribution >= 4 is 5.91 Å². The maximum Gasteiger partial charge on any atom is 0.220 e. The van der Waals surface area contributed by atoms with Crippen molar-refractivity contribution in [2.24, 2.45) is 0 Å². The van der Waals surface area contributed by atoms with Crippen molar-refractivity contribution in [2.75, 3.05) is 13.2 Å². The maximum atomic E-state index is 13.1. The Labute approximate surface area is 452 Å². The molecule has 1 rings (SSSR count). The van der Waals surface area contributed by atoms with E-state index in [9.17, 15) is 30.3 Å².